The molecule has 0 saturated carbocycles. The Morgan fingerprint density at radius 2 is 2.06 bits per heavy atom. The van der Waals surface area contributed by atoms with Crippen molar-refractivity contribution in [3.8, 4) is 0 Å². The van der Waals surface area contributed by atoms with Crippen LogP contribution in [0.3, 0.4) is 0 Å². The third kappa shape index (κ3) is 4.32. The average molecular weight is 257 g/mol. The van der Waals surface area contributed by atoms with Gasteiger partial charge in [0.2, 0.25) is 5.89 Å². The van der Waals surface area contributed by atoms with Gasteiger partial charge in [-0.05, 0) is 11.8 Å². The summed E-state index contributed by atoms with van der Waals surface area (Å²) in [5.74, 6) is 2.07. The smallest absolute Gasteiger partial charge is 0.244 e. The maximum absolute atomic E-state index is 6.06. The maximum atomic E-state index is 6.06. The predicted octanol–water partition coefficient (Wildman–Crippen LogP) is 3.15. The third-order valence-corrected chi connectivity index (χ3v) is 4.08. The quantitative estimate of drug-likeness (QED) is 0.877. The number of aromatic nitrogens is 2. The van der Waals surface area contributed by atoms with Crippen LogP contribution >= 0.6 is 11.8 Å². The van der Waals surface area contributed by atoms with Gasteiger partial charge in [0.1, 0.15) is 0 Å². The minimum atomic E-state index is -0.211. The minimum Gasteiger partial charge on any atom is -0.338 e. The second-order valence-electron chi connectivity index (χ2n) is 5.42. The molecule has 0 amide bonds. The van der Waals surface area contributed by atoms with Crippen molar-refractivity contribution in [3.63, 3.8) is 0 Å². The van der Waals surface area contributed by atoms with E-state index in [-0.39, 0.29) is 11.5 Å². The number of nitrogens with zero attached hydrogens (tertiary/aromatic N) is 2. The van der Waals surface area contributed by atoms with Crippen molar-refractivity contribution in [3.05, 3.63) is 11.7 Å². The van der Waals surface area contributed by atoms with Crippen molar-refractivity contribution in [2.45, 2.75) is 58.1 Å². The molecule has 0 fully saturated rings. The predicted molar refractivity (Wildman–Crippen MR) is 71.7 cm³/mol. The zero-order valence-electron chi connectivity index (χ0n) is 11.4. The molecule has 0 aliphatic rings. The summed E-state index contributed by atoms with van der Waals surface area (Å²) in [6.07, 6.45) is 1.15. The highest BCUT2D eigenvalue weighted by Gasteiger charge is 2.27. The summed E-state index contributed by atoms with van der Waals surface area (Å²) in [4.78, 5) is 4.36. The molecule has 0 bridgehead atoms. The van der Waals surface area contributed by atoms with Gasteiger partial charge in [0.15, 0.2) is 5.82 Å². The summed E-state index contributed by atoms with van der Waals surface area (Å²) < 4.78 is 5.22. The maximum Gasteiger partial charge on any atom is 0.244 e. The lowest BCUT2D eigenvalue weighted by Crippen LogP contribution is -2.26. The van der Waals surface area contributed by atoms with Crippen molar-refractivity contribution in [2.75, 3.05) is 0 Å². The fourth-order valence-electron chi connectivity index (χ4n) is 1.16. The Balaban J connectivity index is 2.59. The van der Waals surface area contributed by atoms with Gasteiger partial charge in [-0.3, -0.25) is 0 Å². The van der Waals surface area contributed by atoms with Crippen LogP contribution in [-0.4, -0.2) is 15.4 Å². The molecule has 5 heteroatoms. The molecular weight excluding hydrogens is 234 g/mol. The van der Waals surface area contributed by atoms with E-state index in [1.165, 1.54) is 0 Å². The van der Waals surface area contributed by atoms with Crippen LogP contribution in [-0.2, 0) is 5.75 Å². The standard InChI is InChI=1S/C12H23N3OS/c1-6-8(2)17-7-9-14-11(16-15-9)10(13)12(3,4)5/h8,10H,6-7,13H2,1-5H3/t8?,10-/m0/s1. The van der Waals surface area contributed by atoms with Crippen molar-refractivity contribution in [1.82, 2.24) is 10.1 Å². The van der Waals surface area contributed by atoms with Crippen molar-refractivity contribution in [2.24, 2.45) is 11.1 Å². The molecular formula is C12H23N3OS. The molecule has 0 spiro atoms. The van der Waals surface area contributed by atoms with Gasteiger partial charge in [0.05, 0.1) is 11.8 Å². The molecule has 0 aliphatic carbocycles. The highest BCUT2D eigenvalue weighted by atomic mass is 32.2. The SMILES string of the molecule is CCC(C)SCc1noc([C@H](N)C(C)(C)C)n1. The van der Waals surface area contributed by atoms with Crippen LogP contribution in [0.15, 0.2) is 4.52 Å². The second kappa shape index (κ2) is 5.87. The van der Waals surface area contributed by atoms with Crippen molar-refractivity contribution >= 4 is 11.8 Å². The Morgan fingerprint density at radius 1 is 1.41 bits per heavy atom. The number of hydrogen-bond donors (Lipinski definition) is 1. The Kier molecular flexibility index (Phi) is 5.01. The van der Waals surface area contributed by atoms with Gasteiger partial charge in [0.25, 0.3) is 0 Å². The molecule has 1 heterocycles. The van der Waals surface area contributed by atoms with E-state index in [2.05, 4.69) is 44.8 Å². The van der Waals surface area contributed by atoms with E-state index in [9.17, 15) is 0 Å². The van der Waals surface area contributed by atoms with Gasteiger partial charge in [-0.1, -0.05) is 39.8 Å². The molecule has 17 heavy (non-hydrogen) atoms. The molecule has 0 aliphatic heterocycles. The van der Waals surface area contributed by atoms with E-state index in [1.807, 2.05) is 11.8 Å². The second-order valence-corrected chi connectivity index (χ2v) is 6.85. The van der Waals surface area contributed by atoms with Gasteiger partial charge in [-0.2, -0.15) is 16.7 Å². The lowest BCUT2D eigenvalue weighted by atomic mass is 9.87. The lowest BCUT2D eigenvalue weighted by Gasteiger charge is -2.23. The average Bonchev–Trinajstić information content (AvgIpc) is 2.71. The number of hydrogen-bond acceptors (Lipinski definition) is 5. The fraction of sp³-hybridized carbons (Fsp3) is 0.833. The highest BCUT2D eigenvalue weighted by molar-refractivity contribution is 7.99. The number of nitrogens with two attached hydrogens (primary N) is 1. The molecule has 4 nitrogen and oxygen atoms in total. The molecule has 1 aromatic rings. The summed E-state index contributed by atoms with van der Waals surface area (Å²) >= 11 is 1.84. The summed E-state index contributed by atoms with van der Waals surface area (Å²) in [5.41, 5.74) is 6.00. The van der Waals surface area contributed by atoms with E-state index in [0.29, 0.717) is 11.1 Å². The fourth-order valence-corrected chi connectivity index (χ4v) is 1.94. The van der Waals surface area contributed by atoms with E-state index >= 15 is 0 Å². The first-order valence-electron chi connectivity index (χ1n) is 6.04. The molecule has 0 aromatic carbocycles. The summed E-state index contributed by atoms with van der Waals surface area (Å²) in [5, 5.41) is 4.59. The number of thioether (sulfide) groups is 1. The van der Waals surface area contributed by atoms with Crippen LogP contribution < -0.4 is 5.73 Å². The van der Waals surface area contributed by atoms with Gasteiger partial charge in [-0.15, -0.1) is 0 Å². The largest absolute Gasteiger partial charge is 0.338 e. The summed E-state index contributed by atoms with van der Waals surface area (Å²) in [7, 11) is 0. The summed E-state index contributed by atoms with van der Waals surface area (Å²) in [6, 6.07) is -0.211. The molecule has 1 aromatic heterocycles. The Bertz CT molecular complexity index is 346. The van der Waals surface area contributed by atoms with E-state index in [4.69, 9.17) is 10.3 Å². The third-order valence-electron chi connectivity index (χ3n) is 2.75. The Labute approximate surface area is 108 Å². The first-order chi connectivity index (χ1) is 7.84. The zero-order valence-corrected chi connectivity index (χ0v) is 12.2. The van der Waals surface area contributed by atoms with Crippen LogP contribution in [0, 0.1) is 5.41 Å². The monoisotopic (exact) mass is 257 g/mol. The summed E-state index contributed by atoms with van der Waals surface area (Å²) in [6.45, 7) is 10.6. The van der Waals surface area contributed by atoms with E-state index in [0.717, 1.165) is 18.0 Å². The lowest BCUT2D eigenvalue weighted by molar-refractivity contribution is 0.252. The molecule has 1 rings (SSSR count). The molecule has 0 radical (unpaired) electrons. The molecule has 2 atom stereocenters. The topological polar surface area (TPSA) is 64.9 Å². The van der Waals surface area contributed by atoms with E-state index in [1.54, 1.807) is 0 Å². The van der Waals surface area contributed by atoms with Crippen molar-refractivity contribution in [1.29, 1.82) is 0 Å². The Morgan fingerprint density at radius 3 is 2.59 bits per heavy atom. The molecule has 0 saturated heterocycles. The molecule has 2 N–H and O–H groups in total. The molecule has 98 valence electrons. The highest BCUT2D eigenvalue weighted by Crippen LogP contribution is 2.29. The number of rotatable bonds is 5. The van der Waals surface area contributed by atoms with Crippen LogP contribution in [0.1, 0.15) is 58.8 Å². The normalized spacial score (nSPS) is 15.9. The first kappa shape index (κ1) is 14.5. The Hall–Kier alpha value is -0.550. The van der Waals surface area contributed by atoms with Gasteiger partial charge in [0, 0.05) is 5.25 Å². The van der Waals surface area contributed by atoms with Gasteiger partial charge < -0.3 is 10.3 Å². The van der Waals surface area contributed by atoms with Gasteiger partial charge in [-0.25, -0.2) is 0 Å². The first-order valence-corrected chi connectivity index (χ1v) is 7.09. The van der Waals surface area contributed by atoms with E-state index < -0.39 is 0 Å². The van der Waals surface area contributed by atoms with Crippen molar-refractivity contribution < 1.29 is 4.52 Å². The molecule has 1 unspecified atom stereocenters. The van der Waals surface area contributed by atoms with Crippen LogP contribution in [0.2, 0.25) is 0 Å². The zero-order chi connectivity index (χ0) is 13.1. The minimum absolute atomic E-state index is 0.0618. The van der Waals surface area contributed by atoms with Gasteiger partial charge >= 0.3 is 0 Å². The van der Waals surface area contributed by atoms with Crippen LogP contribution in [0.4, 0.5) is 0 Å². The van der Waals surface area contributed by atoms with Crippen LogP contribution in [0.5, 0.6) is 0 Å². The van der Waals surface area contributed by atoms with Crippen LogP contribution in [0.25, 0.3) is 0 Å².